The smallest absolute Gasteiger partial charge is 0.221 e. The van der Waals surface area contributed by atoms with E-state index < -0.39 is 5.54 Å². The van der Waals surface area contributed by atoms with Crippen LogP contribution < -0.4 is 11.1 Å². The Morgan fingerprint density at radius 2 is 1.89 bits per heavy atom. The van der Waals surface area contributed by atoms with E-state index in [0.29, 0.717) is 12.3 Å². The van der Waals surface area contributed by atoms with Crippen LogP contribution in [0.1, 0.15) is 57.8 Å². The third kappa shape index (κ3) is 3.15. The minimum absolute atomic E-state index is 0.0472. The number of nitrogens with one attached hydrogen (secondary N) is 1. The summed E-state index contributed by atoms with van der Waals surface area (Å²) in [7, 11) is 0. The molecule has 18 heavy (non-hydrogen) atoms. The fourth-order valence-electron chi connectivity index (χ4n) is 2.78. The van der Waals surface area contributed by atoms with Crippen molar-refractivity contribution in [2.45, 2.75) is 63.3 Å². The van der Waals surface area contributed by atoms with E-state index >= 15 is 0 Å². The second-order valence-corrected chi connectivity index (χ2v) is 5.68. The van der Waals surface area contributed by atoms with Gasteiger partial charge < -0.3 is 16.3 Å². The number of rotatable bonds is 4. The number of hydrogen-bond donors (Lipinski definition) is 3. The van der Waals surface area contributed by atoms with Gasteiger partial charge in [0.15, 0.2) is 5.84 Å². The Morgan fingerprint density at radius 3 is 2.39 bits per heavy atom. The van der Waals surface area contributed by atoms with Gasteiger partial charge in [0.25, 0.3) is 0 Å². The number of nitrogens with zero attached hydrogens (tertiary/aromatic N) is 1. The van der Waals surface area contributed by atoms with Gasteiger partial charge in [-0.05, 0) is 31.6 Å². The monoisotopic (exact) mass is 253 g/mol. The summed E-state index contributed by atoms with van der Waals surface area (Å²) in [6, 6.07) is 0. The van der Waals surface area contributed by atoms with Gasteiger partial charge in [0.05, 0.1) is 0 Å². The van der Waals surface area contributed by atoms with Crippen LogP contribution in [0.15, 0.2) is 5.16 Å². The molecule has 5 heteroatoms. The molecule has 2 aliphatic carbocycles. The standard InChI is InChI=1S/C13H23N3O2/c14-12(16-18)13(7-3-1-2-4-8-13)15-11(17)9-10-5-6-10/h10,18H,1-9H2,(H2,14,16)(H,15,17). The van der Waals surface area contributed by atoms with E-state index in [1.807, 2.05) is 0 Å². The summed E-state index contributed by atoms with van der Waals surface area (Å²) < 4.78 is 0. The van der Waals surface area contributed by atoms with Gasteiger partial charge in [-0.15, -0.1) is 0 Å². The van der Waals surface area contributed by atoms with E-state index in [-0.39, 0.29) is 11.7 Å². The number of amidine groups is 1. The summed E-state index contributed by atoms with van der Waals surface area (Å²) in [6.07, 6.45) is 8.78. The van der Waals surface area contributed by atoms with Crippen molar-refractivity contribution < 1.29 is 10.0 Å². The maximum atomic E-state index is 12.0. The Hall–Kier alpha value is -1.26. The molecule has 0 atom stereocenters. The van der Waals surface area contributed by atoms with E-state index in [9.17, 15) is 4.79 Å². The molecule has 2 saturated carbocycles. The maximum absolute atomic E-state index is 12.0. The van der Waals surface area contributed by atoms with Crippen LogP contribution in [0.3, 0.4) is 0 Å². The van der Waals surface area contributed by atoms with Crippen LogP contribution in [-0.4, -0.2) is 22.5 Å². The van der Waals surface area contributed by atoms with Crippen LogP contribution in [0, 0.1) is 5.92 Å². The molecule has 2 aliphatic rings. The number of amides is 1. The van der Waals surface area contributed by atoms with Gasteiger partial charge in [0.2, 0.25) is 5.91 Å². The predicted octanol–water partition coefficient (Wildman–Crippen LogP) is 1.74. The normalized spacial score (nSPS) is 24.3. The summed E-state index contributed by atoms with van der Waals surface area (Å²) >= 11 is 0. The first-order valence-electron chi connectivity index (χ1n) is 6.95. The van der Waals surface area contributed by atoms with Gasteiger partial charge in [-0.3, -0.25) is 4.79 Å². The first-order valence-corrected chi connectivity index (χ1v) is 6.95. The third-order valence-electron chi connectivity index (χ3n) is 4.10. The number of oxime groups is 1. The first kappa shape index (κ1) is 13.2. The topological polar surface area (TPSA) is 87.7 Å². The van der Waals surface area contributed by atoms with Crippen molar-refractivity contribution in [3.05, 3.63) is 0 Å². The number of hydrogen-bond acceptors (Lipinski definition) is 3. The Balaban J connectivity index is 2.04. The summed E-state index contributed by atoms with van der Waals surface area (Å²) in [4.78, 5) is 12.0. The highest BCUT2D eigenvalue weighted by Gasteiger charge is 2.38. The lowest BCUT2D eigenvalue weighted by Crippen LogP contribution is -2.57. The van der Waals surface area contributed by atoms with E-state index in [0.717, 1.165) is 51.4 Å². The van der Waals surface area contributed by atoms with Crippen LogP contribution in [-0.2, 0) is 4.79 Å². The third-order valence-corrected chi connectivity index (χ3v) is 4.10. The number of carbonyl (C=O) groups excluding carboxylic acids is 1. The Labute approximate surface area is 108 Å². The summed E-state index contributed by atoms with van der Waals surface area (Å²) in [6.45, 7) is 0. The van der Waals surface area contributed by atoms with Crippen LogP contribution in [0.4, 0.5) is 0 Å². The zero-order valence-electron chi connectivity index (χ0n) is 10.8. The van der Waals surface area contributed by atoms with Gasteiger partial charge in [-0.25, -0.2) is 0 Å². The molecule has 0 aromatic rings. The molecular weight excluding hydrogens is 230 g/mol. The summed E-state index contributed by atoms with van der Waals surface area (Å²) in [5.41, 5.74) is 5.22. The molecule has 0 unspecified atom stereocenters. The minimum atomic E-state index is -0.614. The molecule has 0 aromatic heterocycles. The van der Waals surface area contributed by atoms with Crippen LogP contribution in [0.2, 0.25) is 0 Å². The maximum Gasteiger partial charge on any atom is 0.221 e. The van der Waals surface area contributed by atoms with Gasteiger partial charge in [0.1, 0.15) is 5.54 Å². The zero-order chi connectivity index (χ0) is 13.0. The minimum Gasteiger partial charge on any atom is -0.409 e. The van der Waals surface area contributed by atoms with Gasteiger partial charge in [-0.2, -0.15) is 0 Å². The van der Waals surface area contributed by atoms with E-state index in [2.05, 4.69) is 10.5 Å². The van der Waals surface area contributed by atoms with Crippen molar-refractivity contribution in [1.82, 2.24) is 5.32 Å². The fourth-order valence-corrected chi connectivity index (χ4v) is 2.78. The number of nitrogens with two attached hydrogens (primary N) is 1. The molecule has 1 amide bonds. The van der Waals surface area contributed by atoms with Crippen molar-refractivity contribution >= 4 is 11.7 Å². The molecule has 0 saturated heterocycles. The Kier molecular flexibility index (Phi) is 4.09. The quantitative estimate of drug-likeness (QED) is 0.234. The largest absolute Gasteiger partial charge is 0.409 e. The Bertz CT molecular complexity index is 329. The fraction of sp³-hybridized carbons (Fsp3) is 0.846. The molecule has 0 spiro atoms. The van der Waals surface area contributed by atoms with Gasteiger partial charge >= 0.3 is 0 Å². The van der Waals surface area contributed by atoms with Crippen molar-refractivity contribution in [2.24, 2.45) is 16.8 Å². The zero-order valence-corrected chi connectivity index (χ0v) is 10.8. The van der Waals surface area contributed by atoms with Crippen LogP contribution >= 0.6 is 0 Å². The molecular formula is C13H23N3O2. The van der Waals surface area contributed by atoms with Crippen molar-refractivity contribution in [3.8, 4) is 0 Å². The molecule has 4 N–H and O–H groups in total. The van der Waals surface area contributed by atoms with Gasteiger partial charge in [-0.1, -0.05) is 30.8 Å². The van der Waals surface area contributed by atoms with Crippen molar-refractivity contribution in [3.63, 3.8) is 0 Å². The molecule has 0 aromatic carbocycles. The second-order valence-electron chi connectivity index (χ2n) is 5.68. The Morgan fingerprint density at radius 1 is 1.28 bits per heavy atom. The lowest BCUT2D eigenvalue weighted by molar-refractivity contribution is -0.122. The molecule has 2 fully saturated rings. The molecule has 0 radical (unpaired) electrons. The van der Waals surface area contributed by atoms with E-state index in [1.165, 1.54) is 0 Å². The summed E-state index contributed by atoms with van der Waals surface area (Å²) in [5.74, 6) is 0.764. The molecule has 102 valence electrons. The van der Waals surface area contributed by atoms with E-state index in [1.54, 1.807) is 0 Å². The average Bonchev–Trinajstić information content (AvgIpc) is 3.16. The first-order chi connectivity index (χ1) is 8.66. The molecule has 0 heterocycles. The highest BCUT2D eigenvalue weighted by molar-refractivity contribution is 5.94. The predicted molar refractivity (Wildman–Crippen MR) is 69.3 cm³/mol. The van der Waals surface area contributed by atoms with Crippen LogP contribution in [0.25, 0.3) is 0 Å². The van der Waals surface area contributed by atoms with Crippen LogP contribution in [0.5, 0.6) is 0 Å². The van der Waals surface area contributed by atoms with Crippen molar-refractivity contribution in [2.75, 3.05) is 0 Å². The average molecular weight is 253 g/mol. The molecule has 0 aliphatic heterocycles. The van der Waals surface area contributed by atoms with E-state index in [4.69, 9.17) is 10.9 Å². The highest BCUT2D eigenvalue weighted by Crippen LogP contribution is 2.33. The SMILES string of the molecule is NC(=NO)C1(NC(=O)CC2CC2)CCCCCC1. The molecule has 0 bridgehead atoms. The highest BCUT2D eigenvalue weighted by atomic mass is 16.4. The lowest BCUT2D eigenvalue weighted by atomic mass is 9.88. The number of carbonyl (C=O) groups is 1. The second kappa shape index (κ2) is 5.59. The van der Waals surface area contributed by atoms with Gasteiger partial charge in [0, 0.05) is 6.42 Å². The molecule has 5 nitrogen and oxygen atoms in total. The lowest BCUT2D eigenvalue weighted by Gasteiger charge is -2.32. The molecule has 2 rings (SSSR count). The summed E-state index contributed by atoms with van der Waals surface area (Å²) in [5, 5.41) is 15.2. The van der Waals surface area contributed by atoms with Crippen molar-refractivity contribution in [1.29, 1.82) is 0 Å².